The molecule has 3 N–H and O–H groups in total. The molecule has 0 aliphatic carbocycles. The van der Waals surface area contributed by atoms with E-state index >= 15 is 0 Å². The molecular weight excluding hydrogens is 290 g/mol. The molecule has 0 aliphatic rings. The van der Waals surface area contributed by atoms with E-state index < -0.39 is 0 Å². The Morgan fingerprint density at radius 1 is 1.24 bits per heavy atom. The Morgan fingerprint density at radius 2 is 1.86 bits per heavy atom. The fourth-order valence-electron chi connectivity index (χ4n) is 1.92. The zero-order chi connectivity index (χ0) is 16.0. The van der Waals surface area contributed by atoms with Gasteiger partial charge in [0, 0.05) is 16.8 Å². The third-order valence-electron chi connectivity index (χ3n) is 2.92. The molecule has 1 aromatic carbocycles. The molecule has 0 spiro atoms. The number of quaternary nitrogens is 1. The number of carbonyl (C=O) groups is 2. The van der Waals surface area contributed by atoms with E-state index in [2.05, 4.69) is 10.6 Å². The first-order valence-electron chi connectivity index (χ1n) is 6.95. The van der Waals surface area contributed by atoms with Crippen LogP contribution in [0.3, 0.4) is 0 Å². The summed E-state index contributed by atoms with van der Waals surface area (Å²) >= 11 is 6.01. The number of halogens is 1. The van der Waals surface area contributed by atoms with E-state index in [9.17, 15) is 9.59 Å². The SMILES string of the molecule is Cc1c(Cl)cccc1NC(=O)C[NH+](C)CC(=O)NC(C)C. The van der Waals surface area contributed by atoms with Crippen LogP contribution in [0.25, 0.3) is 0 Å². The summed E-state index contributed by atoms with van der Waals surface area (Å²) < 4.78 is 0. The fourth-order valence-corrected chi connectivity index (χ4v) is 2.10. The quantitative estimate of drug-likeness (QED) is 0.721. The van der Waals surface area contributed by atoms with Crippen LogP contribution in [0.5, 0.6) is 0 Å². The summed E-state index contributed by atoms with van der Waals surface area (Å²) in [5.41, 5.74) is 1.54. The third-order valence-corrected chi connectivity index (χ3v) is 3.33. The lowest BCUT2D eigenvalue weighted by molar-refractivity contribution is -0.862. The highest BCUT2D eigenvalue weighted by atomic mass is 35.5. The molecule has 0 aromatic heterocycles. The maximum Gasteiger partial charge on any atom is 0.279 e. The second-order valence-electron chi connectivity index (χ2n) is 5.49. The molecule has 0 saturated heterocycles. The Balaban J connectivity index is 2.50. The van der Waals surface area contributed by atoms with Crippen molar-refractivity contribution in [2.75, 3.05) is 25.5 Å². The van der Waals surface area contributed by atoms with E-state index in [1.807, 2.05) is 27.8 Å². The largest absolute Gasteiger partial charge is 0.349 e. The van der Waals surface area contributed by atoms with Crippen molar-refractivity contribution in [2.45, 2.75) is 26.8 Å². The number of nitrogens with one attached hydrogen (secondary N) is 3. The number of hydrogen-bond acceptors (Lipinski definition) is 2. The van der Waals surface area contributed by atoms with Crippen molar-refractivity contribution in [1.29, 1.82) is 0 Å². The van der Waals surface area contributed by atoms with Crippen molar-refractivity contribution >= 4 is 29.1 Å². The van der Waals surface area contributed by atoms with Crippen molar-refractivity contribution in [2.24, 2.45) is 0 Å². The topological polar surface area (TPSA) is 62.6 Å². The number of anilines is 1. The lowest BCUT2D eigenvalue weighted by Crippen LogP contribution is -3.11. The minimum Gasteiger partial charge on any atom is -0.349 e. The second-order valence-corrected chi connectivity index (χ2v) is 5.90. The fraction of sp³-hybridized carbons (Fsp3) is 0.467. The van der Waals surface area contributed by atoms with Gasteiger partial charge in [-0.3, -0.25) is 9.59 Å². The van der Waals surface area contributed by atoms with E-state index in [1.165, 1.54) is 0 Å². The van der Waals surface area contributed by atoms with Crippen LogP contribution in [-0.2, 0) is 9.59 Å². The van der Waals surface area contributed by atoms with Crippen molar-refractivity contribution in [3.8, 4) is 0 Å². The van der Waals surface area contributed by atoms with Gasteiger partial charge >= 0.3 is 0 Å². The lowest BCUT2D eigenvalue weighted by atomic mass is 10.2. The highest BCUT2D eigenvalue weighted by Crippen LogP contribution is 2.22. The summed E-state index contributed by atoms with van der Waals surface area (Å²) in [6, 6.07) is 5.48. The molecule has 5 nitrogen and oxygen atoms in total. The first-order valence-corrected chi connectivity index (χ1v) is 7.33. The Morgan fingerprint density at radius 3 is 2.48 bits per heavy atom. The van der Waals surface area contributed by atoms with Crippen LogP contribution in [0, 0.1) is 6.92 Å². The molecule has 1 unspecified atom stereocenters. The van der Waals surface area contributed by atoms with Gasteiger partial charge in [0.1, 0.15) is 0 Å². The standard InChI is InChI=1S/C15H22ClN3O2/c1-10(2)17-14(20)8-19(4)9-15(21)18-13-7-5-6-12(16)11(13)3/h5-7,10H,8-9H2,1-4H3,(H,17,20)(H,18,21)/p+1. The predicted molar refractivity (Wildman–Crippen MR) is 84.7 cm³/mol. The number of benzene rings is 1. The number of hydrogen-bond donors (Lipinski definition) is 3. The highest BCUT2D eigenvalue weighted by molar-refractivity contribution is 6.31. The summed E-state index contributed by atoms with van der Waals surface area (Å²) in [4.78, 5) is 24.4. The molecule has 116 valence electrons. The monoisotopic (exact) mass is 312 g/mol. The summed E-state index contributed by atoms with van der Waals surface area (Å²) in [7, 11) is 1.81. The Bertz CT molecular complexity index is 518. The van der Waals surface area contributed by atoms with Crippen molar-refractivity contribution in [3.05, 3.63) is 28.8 Å². The van der Waals surface area contributed by atoms with Gasteiger partial charge in [-0.2, -0.15) is 0 Å². The summed E-state index contributed by atoms with van der Waals surface area (Å²) in [5.74, 6) is -0.204. The number of carbonyl (C=O) groups excluding carboxylic acids is 2. The van der Waals surface area contributed by atoms with E-state index in [0.29, 0.717) is 10.7 Å². The van der Waals surface area contributed by atoms with Crippen molar-refractivity contribution in [3.63, 3.8) is 0 Å². The van der Waals surface area contributed by atoms with Crippen molar-refractivity contribution in [1.82, 2.24) is 5.32 Å². The smallest absolute Gasteiger partial charge is 0.279 e. The van der Waals surface area contributed by atoms with E-state index in [4.69, 9.17) is 11.6 Å². The van der Waals surface area contributed by atoms with E-state index in [-0.39, 0.29) is 30.9 Å². The number of rotatable bonds is 6. The number of amides is 2. The molecule has 1 aromatic rings. The van der Waals surface area contributed by atoms with Gasteiger partial charge in [-0.25, -0.2) is 0 Å². The van der Waals surface area contributed by atoms with Crippen LogP contribution in [0.4, 0.5) is 5.69 Å². The van der Waals surface area contributed by atoms with E-state index in [1.54, 1.807) is 18.2 Å². The molecule has 2 amide bonds. The average Bonchev–Trinajstić information content (AvgIpc) is 2.33. The number of likely N-dealkylation sites (N-methyl/N-ethyl adjacent to an activating group) is 1. The van der Waals surface area contributed by atoms with Crippen molar-refractivity contribution < 1.29 is 14.5 Å². The van der Waals surface area contributed by atoms with Gasteiger partial charge in [-0.05, 0) is 38.5 Å². The molecule has 6 heteroatoms. The molecule has 0 radical (unpaired) electrons. The third kappa shape index (κ3) is 6.14. The molecule has 0 aliphatic heterocycles. The lowest BCUT2D eigenvalue weighted by Gasteiger charge is -2.15. The molecule has 0 saturated carbocycles. The molecule has 0 fully saturated rings. The van der Waals surface area contributed by atoms with Gasteiger partial charge in [-0.15, -0.1) is 0 Å². The zero-order valence-corrected chi connectivity index (χ0v) is 13.7. The zero-order valence-electron chi connectivity index (χ0n) is 12.9. The van der Waals surface area contributed by atoms with Crippen LogP contribution in [0.2, 0.25) is 5.02 Å². The van der Waals surface area contributed by atoms with Gasteiger partial charge in [0.05, 0.1) is 7.05 Å². The van der Waals surface area contributed by atoms with Gasteiger partial charge < -0.3 is 15.5 Å². The maximum absolute atomic E-state index is 12.0. The first kappa shape index (κ1) is 17.5. The Hall–Kier alpha value is -1.59. The van der Waals surface area contributed by atoms with Crippen LogP contribution in [-0.4, -0.2) is 38.0 Å². The average molecular weight is 313 g/mol. The van der Waals surface area contributed by atoms with Gasteiger partial charge in [0.15, 0.2) is 13.1 Å². The molecule has 0 heterocycles. The maximum atomic E-state index is 12.0. The normalized spacial score (nSPS) is 12.1. The van der Waals surface area contributed by atoms with Gasteiger partial charge in [0.25, 0.3) is 11.8 Å². The summed E-state index contributed by atoms with van der Waals surface area (Å²) in [5, 5.41) is 6.24. The molecule has 1 rings (SSSR count). The molecule has 1 atom stereocenters. The molecule has 21 heavy (non-hydrogen) atoms. The minimum absolute atomic E-state index is 0.0609. The summed E-state index contributed by atoms with van der Waals surface area (Å²) in [6.45, 7) is 6.14. The van der Waals surface area contributed by atoms with E-state index in [0.717, 1.165) is 10.5 Å². The Labute approximate surface area is 130 Å². The van der Waals surface area contributed by atoms with Gasteiger partial charge in [-0.1, -0.05) is 17.7 Å². The minimum atomic E-state index is -0.143. The first-order chi connectivity index (χ1) is 9.79. The molecular formula is C15H23ClN3O2+. The van der Waals surface area contributed by atoms with Crippen LogP contribution in [0.15, 0.2) is 18.2 Å². The summed E-state index contributed by atoms with van der Waals surface area (Å²) in [6.07, 6.45) is 0. The molecule has 0 bridgehead atoms. The van der Waals surface area contributed by atoms with Crippen LogP contribution < -0.4 is 15.5 Å². The second kappa shape index (κ2) is 8.00. The van der Waals surface area contributed by atoms with Crippen LogP contribution in [0.1, 0.15) is 19.4 Å². The van der Waals surface area contributed by atoms with Crippen LogP contribution >= 0.6 is 11.6 Å². The highest BCUT2D eigenvalue weighted by Gasteiger charge is 2.15. The van der Waals surface area contributed by atoms with Gasteiger partial charge in [0.2, 0.25) is 0 Å². The Kier molecular flexibility index (Phi) is 6.65. The predicted octanol–water partition coefficient (Wildman–Crippen LogP) is 0.626.